The Morgan fingerprint density at radius 3 is 2.54 bits per heavy atom. The summed E-state index contributed by atoms with van der Waals surface area (Å²) >= 11 is 0. The van der Waals surface area contributed by atoms with Crippen molar-refractivity contribution >= 4 is 0 Å². The molecule has 0 amide bonds. The average Bonchev–Trinajstić information content (AvgIpc) is 3.31. The second kappa shape index (κ2) is 5.13. The third kappa shape index (κ3) is 1.96. The molecule has 0 fully saturated rings. The first-order chi connectivity index (χ1) is 11.9. The number of fused-ring (bicyclic) bond motifs is 4. The molecular weight excluding hydrogens is 296 g/mol. The predicted octanol–water partition coefficient (Wildman–Crippen LogP) is 5.82. The summed E-state index contributed by atoms with van der Waals surface area (Å²) in [6.45, 7) is 2.83. The van der Waals surface area contributed by atoms with Gasteiger partial charge in [0.25, 0.3) is 0 Å². The molecule has 0 atom stereocenters. The lowest BCUT2D eigenvalue weighted by atomic mass is 9.95. The summed E-state index contributed by atoms with van der Waals surface area (Å²) in [7, 11) is 0. The molecule has 0 spiro atoms. The van der Waals surface area contributed by atoms with E-state index in [0.717, 1.165) is 35.7 Å². The molecule has 1 aliphatic carbocycles. The topological polar surface area (TPSA) is 21.8 Å². The summed E-state index contributed by atoms with van der Waals surface area (Å²) in [5.74, 6) is 2.76. The zero-order valence-corrected chi connectivity index (χ0v) is 13.6. The molecule has 0 N–H and O–H groups in total. The van der Waals surface area contributed by atoms with Crippen molar-refractivity contribution in [2.24, 2.45) is 0 Å². The highest BCUT2D eigenvalue weighted by Crippen LogP contribution is 2.57. The minimum atomic E-state index is 0.710. The lowest BCUT2D eigenvalue weighted by molar-refractivity contribution is 0.315. The van der Waals surface area contributed by atoms with Crippen molar-refractivity contribution in [2.45, 2.75) is 19.8 Å². The molecule has 0 unspecified atom stereocenters. The fraction of sp³-hybridized carbons (Fsp3) is 0.182. The van der Waals surface area contributed by atoms with E-state index in [2.05, 4.69) is 55.5 Å². The van der Waals surface area contributed by atoms with Gasteiger partial charge in [0, 0.05) is 5.56 Å². The summed E-state index contributed by atoms with van der Waals surface area (Å²) in [5.41, 5.74) is 7.89. The summed E-state index contributed by atoms with van der Waals surface area (Å²) in [5, 5.41) is 0. The molecule has 2 heteroatoms. The van der Waals surface area contributed by atoms with E-state index in [0.29, 0.717) is 6.61 Å². The van der Waals surface area contributed by atoms with E-state index in [4.69, 9.17) is 9.47 Å². The Balaban J connectivity index is 1.67. The first kappa shape index (κ1) is 13.7. The third-order valence-corrected chi connectivity index (χ3v) is 4.84. The highest BCUT2D eigenvalue weighted by Gasteiger charge is 2.31. The van der Waals surface area contributed by atoms with E-state index in [1.807, 2.05) is 6.07 Å². The summed E-state index contributed by atoms with van der Waals surface area (Å²) < 4.78 is 11.6. The largest absolute Gasteiger partial charge is 0.489 e. The molecule has 3 aromatic rings. The van der Waals surface area contributed by atoms with Gasteiger partial charge in [-0.25, -0.2) is 0 Å². The minimum Gasteiger partial charge on any atom is -0.489 e. The molecule has 0 radical (unpaired) electrons. The normalized spacial score (nSPS) is 12.9. The lowest BCUT2D eigenvalue weighted by Crippen LogP contribution is -1.97. The quantitative estimate of drug-likeness (QED) is 0.390. The number of hydrogen-bond donors (Lipinski definition) is 0. The molecule has 2 nitrogen and oxygen atoms in total. The van der Waals surface area contributed by atoms with Crippen LogP contribution >= 0.6 is 0 Å². The van der Waals surface area contributed by atoms with Gasteiger partial charge in [-0.15, -0.1) is 0 Å². The van der Waals surface area contributed by atoms with Crippen LogP contribution in [0, 0.1) is 0 Å². The Morgan fingerprint density at radius 1 is 0.875 bits per heavy atom. The van der Waals surface area contributed by atoms with Crippen LogP contribution in [0.4, 0.5) is 0 Å². The highest BCUT2D eigenvalue weighted by atomic mass is 16.6. The minimum absolute atomic E-state index is 0.710. The second-order valence-electron chi connectivity index (χ2n) is 6.39. The predicted molar refractivity (Wildman–Crippen MR) is 96.0 cm³/mol. The van der Waals surface area contributed by atoms with Crippen molar-refractivity contribution in [1.82, 2.24) is 0 Å². The maximum atomic E-state index is 6.04. The van der Waals surface area contributed by atoms with Crippen LogP contribution in [0.5, 0.6) is 17.2 Å². The fourth-order valence-corrected chi connectivity index (χ4v) is 3.68. The molecule has 118 valence electrons. The van der Waals surface area contributed by atoms with E-state index in [1.165, 1.54) is 27.8 Å². The van der Waals surface area contributed by atoms with Gasteiger partial charge < -0.3 is 9.47 Å². The molecule has 0 bridgehead atoms. The van der Waals surface area contributed by atoms with Crippen molar-refractivity contribution < 1.29 is 9.47 Å². The molecule has 0 saturated carbocycles. The smallest absolute Gasteiger partial charge is 0.212 e. The van der Waals surface area contributed by atoms with Gasteiger partial charge in [-0.3, -0.25) is 0 Å². The van der Waals surface area contributed by atoms with Crippen molar-refractivity contribution in [1.29, 1.82) is 0 Å². The van der Waals surface area contributed by atoms with Crippen molar-refractivity contribution in [3.8, 4) is 39.5 Å². The van der Waals surface area contributed by atoms with Gasteiger partial charge in [-0.2, -0.15) is 0 Å². The van der Waals surface area contributed by atoms with Crippen LogP contribution in [-0.4, -0.2) is 6.61 Å². The van der Waals surface area contributed by atoms with Crippen LogP contribution in [0.2, 0.25) is 0 Å². The molecule has 1 aliphatic heterocycles. The first-order valence-corrected chi connectivity index (χ1v) is 8.55. The maximum absolute atomic E-state index is 6.04. The molecule has 2 aliphatic rings. The molecule has 0 saturated heterocycles. The van der Waals surface area contributed by atoms with Crippen LogP contribution in [0.1, 0.15) is 24.5 Å². The summed E-state index contributed by atoms with van der Waals surface area (Å²) in [4.78, 5) is 0. The number of rotatable bonds is 4. The average molecular weight is 314 g/mol. The SMILES string of the molecule is CCCOc1c(-c2cccc3c2Cc2ccccc2-3)ccc2c1O2. The van der Waals surface area contributed by atoms with Gasteiger partial charge in [-0.05, 0) is 52.8 Å². The number of hydrogen-bond acceptors (Lipinski definition) is 2. The first-order valence-electron chi connectivity index (χ1n) is 8.55. The number of benzene rings is 3. The van der Waals surface area contributed by atoms with Crippen molar-refractivity contribution in [3.05, 3.63) is 65.7 Å². The molecule has 1 heterocycles. The van der Waals surface area contributed by atoms with Gasteiger partial charge in [0.15, 0.2) is 11.5 Å². The van der Waals surface area contributed by atoms with Crippen molar-refractivity contribution in [3.63, 3.8) is 0 Å². The van der Waals surface area contributed by atoms with Crippen LogP contribution in [0.25, 0.3) is 22.3 Å². The van der Waals surface area contributed by atoms with Gasteiger partial charge in [-0.1, -0.05) is 49.4 Å². The van der Waals surface area contributed by atoms with Crippen molar-refractivity contribution in [2.75, 3.05) is 6.61 Å². The Kier molecular flexibility index (Phi) is 2.93. The Morgan fingerprint density at radius 2 is 1.67 bits per heavy atom. The lowest BCUT2D eigenvalue weighted by Gasteiger charge is -2.13. The standard InChI is InChI=1S/C22H18O2/c1-2-12-23-21-18(10-11-20-22(21)24-20)17-9-5-8-16-15-7-4-3-6-14(15)13-19(16)17/h3-11H,2,12-13H2,1H3. The van der Waals surface area contributed by atoms with Gasteiger partial charge in [0.2, 0.25) is 5.75 Å². The zero-order chi connectivity index (χ0) is 16.1. The Bertz CT molecular complexity index is 956. The zero-order valence-electron chi connectivity index (χ0n) is 13.6. The highest BCUT2D eigenvalue weighted by molar-refractivity contribution is 5.89. The van der Waals surface area contributed by atoms with Crippen LogP contribution in [0.15, 0.2) is 54.6 Å². The van der Waals surface area contributed by atoms with Crippen LogP contribution in [-0.2, 0) is 6.42 Å². The van der Waals surface area contributed by atoms with Crippen LogP contribution in [0.3, 0.4) is 0 Å². The van der Waals surface area contributed by atoms with E-state index in [9.17, 15) is 0 Å². The Hall–Kier alpha value is -2.74. The Labute approximate surface area is 141 Å². The van der Waals surface area contributed by atoms with E-state index < -0.39 is 0 Å². The monoisotopic (exact) mass is 314 g/mol. The van der Waals surface area contributed by atoms with E-state index in [-0.39, 0.29) is 0 Å². The molecule has 24 heavy (non-hydrogen) atoms. The molecule has 5 rings (SSSR count). The van der Waals surface area contributed by atoms with Gasteiger partial charge in [0.05, 0.1) is 6.61 Å². The van der Waals surface area contributed by atoms with E-state index in [1.54, 1.807) is 0 Å². The summed E-state index contributed by atoms with van der Waals surface area (Å²) in [6, 6.07) is 19.4. The molecule has 0 aromatic heterocycles. The van der Waals surface area contributed by atoms with Crippen LogP contribution < -0.4 is 9.47 Å². The summed E-state index contributed by atoms with van der Waals surface area (Å²) in [6.07, 6.45) is 1.97. The third-order valence-electron chi connectivity index (χ3n) is 4.84. The molecule has 3 aromatic carbocycles. The van der Waals surface area contributed by atoms with Gasteiger partial charge >= 0.3 is 0 Å². The fourth-order valence-electron chi connectivity index (χ4n) is 3.68. The second-order valence-corrected chi connectivity index (χ2v) is 6.39. The number of ether oxygens (including phenoxy) is 2. The molecular formula is C22H18O2. The van der Waals surface area contributed by atoms with E-state index >= 15 is 0 Å². The van der Waals surface area contributed by atoms with Gasteiger partial charge in [0.1, 0.15) is 0 Å². The maximum Gasteiger partial charge on any atom is 0.212 e.